The van der Waals surface area contributed by atoms with Crippen LogP contribution in [0, 0.1) is 0 Å². The van der Waals surface area contributed by atoms with Gasteiger partial charge in [0.1, 0.15) is 18.0 Å². The van der Waals surface area contributed by atoms with Crippen molar-refractivity contribution in [2.75, 3.05) is 30.3 Å². The highest BCUT2D eigenvalue weighted by atomic mass is 16.3. The molecule has 0 radical (unpaired) electrons. The van der Waals surface area contributed by atoms with Crippen molar-refractivity contribution in [2.45, 2.75) is 6.92 Å². The van der Waals surface area contributed by atoms with Crippen molar-refractivity contribution < 1.29 is 5.11 Å². The highest BCUT2D eigenvalue weighted by Crippen LogP contribution is 2.07. The van der Waals surface area contributed by atoms with Crippen LogP contribution in [0.3, 0.4) is 0 Å². The Balaban J connectivity index is 2.56. The summed E-state index contributed by atoms with van der Waals surface area (Å²) in [5, 5.41) is 14.6. The summed E-state index contributed by atoms with van der Waals surface area (Å²) in [5.74, 6) is 1.51. The van der Waals surface area contributed by atoms with Crippen molar-refractivity contribution >= 4 is 11.6 Å². The molecule has 0 amide bonds. The van der Waals surface area contributed by atoms with Crippen LogP contribution in [0.1, 0.15) is 6.92 Å². The van der Waals surface area contributed by atoms with Crippen LogP contribution in [0.4, 0.5) is 11.6 Å². The largest absolute Gasteiger partial charge is 0.395 e. The first-order valence-electron chi connectivity index (χ1n) is 4.27. The van der Waals surface area contributed by atoms with Crippen LogP contribution in [0.25, 0.3) is 0 Å². The molecule has 0 saturated heterocycles. The SMILES string of the molecule is CCNc1cc(NCCO)ncn1. The van der Waals surface area contributed by atoms with Gasteiger partial charge in [0.25, 0.3) is 0 Å². The lowest BCUT2D eigenvalue weighted by molar-refractivity contribution is 0.311. The molecule has 1 aromatic rings. The molecule has 1 heterocycles. The van der Waals surface area contributed by atoms with Gasteiger partial charge >= 0.3 is 0 Å². The summed E-state index contributed by atoms with van der Waals surface area (Å²) in [6.45, 7) is 3.43. The second kappa shape index (κ2) is 5.31. The second-order valence-electron chi connectivity index (χ2n) is 2.47. The monoisotopic (exact) mass is 182 g/mol. The van der Waals surface area contributed by atoms with Gasteiger partial charge in [-0.2, -0.15) is 0 Å². The van der Waals surface area contributed by atoms with E-state index in [2.05, 4.69) is 20.6 Å². The summed E-state index contributed by atoms with van der Waals surface area (Å²) >= 11 is 0. The van der Waals surface area contributed by atoms with E-state index in [9.17, 15) is 0 Å². The van der Waals surface area contributed by atoms with Crippen molar-refractivity contribution in [1.29, 1.82) is 0 Å². The molecule has 1 rings (SSSR count). The normalized spacial score (nSPS) is 9.69. The third kappa shape index (κ3) is 3.25. The second-order valence-corrected chi connectivity index (χ2v) is 2.47. The van der Waals surface area contributed by atoms with Gasteiger partial charge in [0.15, 0.2) is 0 Å². The molecular weight excluding hydrogens is 168 g/mol. The fourth-order valence-corrected chi connectivity index (χ4v) is 0.916. The van der Waals surface area contributed by atoms with Gasteiger partial charge in [-0.3, -0.25) is 0 Å². The Bertz CT molecular complexity index is 254. The molecule has 0 saturated carbocycles. The first-order valence-corrected chi connectivity index (χ1v) is 4.27. The maximum atomic E-state index is 8.58. The Morgan fingerprint density at radius 1 is 1.31 bits per heavy atom. The van der Waals surface area contributed by atoms with E-state index >= 15 is 0 Å². The Hall–Kier alpha value is -1.36. The Kier molecular flexibility index (Phi) is 3.98. The van der Waals surface area contributed by atoms with E-state index in [1.165, 1.54) is 6.33 Å². The molecule has 1 aromatic heterocycles. The number of aliphatic hydroxyl groups excluding tert-OH is 1. The minimum absolute atomic E-state index is 0.0978. The highest BCUT2D eigenvalue weighted by Gasteiger charge is 1.95. The van der Waals surface area contributed by atoms with Crippen LogP contribution < -0.4 is 10.6 Å². The van der Waals surface area contributed by atoms with Crippen molar-refractivity contribution in [2.24, 2.45) is 0 Å². The third-order valence-electron chi connectivity index (χ3n) is 1.44. The minimum atomic E-state index is 0.0978. The summed E-state index contributed by atoms with van der Waals surface area (Å²) in [6, 6.07) is 1.80. The van der Waals surface area contributed by atoms with Crippen molar-refractivity contribution in [3.8, 4) is 0 Å². The number of hydrogen-bond donors (Lipinski definition) is 3. The fraction of sp³-hybridized carbons (Fsp3) is 0.500. The molecule has 0 aromatic carbocycles. The molecule has 0 fully saturated rings. The Morgan fingerprint density at radius 2 is 2.00 bits per heavy atom. The van der Waals surface area contributed by atoms with E-state index in [4.69, 9.17) is 5.11 Å². The van der Waals surface area contributed by atoms with E-state index in [0.29, 0.717) is 6.54 Å². The van der Waals surface area contributed by atoms with Crippen LogP contribution in [0.2, 0.25) is 0 Å². The zero-order valence-corrected chi connectivity index (χ0v) is 7.62. The van der Waals surface area contributed by atoms with Crippen molar-refractivity contribution in [3.63, 3.8) is 0 Å². The summed E-state index contributed by atoms with van der Waals surface area (Å²) in [4.78, 5) is 8.00. The number of nitrogens with one attached hydrogen (secondary N) is 2. The van der Waals surface area contributed by atoms with Gasteiger partial charge in [0, 0.05) is 19.2 Å². The summed E-state index contributed by atoms with van der Waals surface area (Å²) in [5.41, 5.74) is 0. The fourth-order valence-electron chi connectivity index (χ4n) is 0.916. The molecule has 72 valence electrons. The molecule has 5 heteroatoms. The number of aromatic nitrogens is 2. The van der Waals surface area contributed by atoms with Crippen LogP contribution in [-0.2, 0) is 0 Å². The number of hydrogen-bond acceptors (Lipinski definition) is 5. The van der Waals surface area contributed by atoms with Crippen molar-refractivity contribution in [3.05, 3.63) is 12.4 Å². The Labute approximate surface area is 77.2 Å². The topological polar surface area (TPSA) is 70.1 Å². The predicted molar refractivity (Wildman–Crippen MR) is 51.8 cm³/mol. The van der Waals surface area contributed by atoms with Gasteiger partial charge in [0.2, 0.25) is 0 Å². The average Bonchev–Trinajstić information content (AvgIpc) is 2.16. The van der Waals surface area contributed by atoms with E-state index in [1.807, 2.05) is 6.92 Å². The molecule has 3 N–H and O–H groups in total. The maximum Gasteiger partial charge on any atom is 0.131 e. The molecule has 0 spiro atoms. The smallest absolute Gasteiger partial charge is 0.131 e. The molecule has 0 aliphatic rings. The van der Waals surface area contributed by atoms with Crippen LogP contribution in [0.5, 0.6) is 0 Å². The molecule has 0 bridgehead atoms. The molecule has 0 aliphatic carbocycles. The van der Waals surface area contributed by atoms with E-state index < -0.39 is 0 Å². The molecule has 13 heavy (non-hydrogen) atoms. The lowest BCUT2D eigenvalue weighted by atomic mass is 10.5. The Morgan fingerprint density at radius 3 is 2.62 bits per heavy atom. The zero-order chi connectivity index (χ0) is 9.52. The number of anilines is 2. The molecule has 0 aliphatic heterocycles. The van der Waals surface area contributed by atoms with Crippen molar-refractivity contribution in [1.82, 2.24) is 9.97 Å². The summed E-state index contributed by atoms with van der Waals surface area (Å²) < 4.78 is 0. The molecular formula is C8H14N4O. The third-order valence-corrected chi connectivity index (χ3v) is 1.44. The quantitative estimate of drug-likeness (QED) is 0.611. The van der Waals surface area contributed by atoms with E-state index in [0.717, 1.165) is 18.2 Å². The highest BCUT2D eigenvalue weighted by molar-refractivity contribution is 5.46. The standard InChI is InChI=1S/C8H14N4O/c1-2-9-7-5-8(10-3-4-13)12-6-11-7/h5-6,13H,2-4H2,1H3,(H2,9,10,11,12). The van der Waals surface area contributed by atoms with E-state index in [-0.39, 0.29) is 6.61 Å². The van der Waals surface area contributed by atoms with Crippen LogP contribution in [-0.4, -0.2) is 34.8 Å². The predicted octanol–water partition coefficient (Wildman–Crippen LogP) is 0.313. The molecule has 0 atom stereocenters. The summed E-state index contributed by atoms with van der Waals surface area (Å²) in [6.07, 6.45) is 1.48. The zero-order valence-electron chi connectivity index (χ0n) is 7.62. The van der Waals surface area contributed by atoms with Gasteiger partial charge in [-0.15, -0.1) is 0 Å². The van der Waals surface area contributed by atoms with Crippen LogP contribution in [0.15, 0.2) is 12.4 Å². The first-order chi connectivity index (χ1) is 6.36. The summed E-state index contributed by atoms with van der Waals surface area (Å²) in [7, 11) is 0. The lowest BCUT2D eigenvalue weighted by Crippen LogP contribution is -2.08. The molecule has 5 nitrogen and oxygen atoms in total. The maximum absolute atomic E-state index is 8.58. The lowest BCUT2D eigenvalue weighted by Gasteiger charge is -2.05. The van der Waals surface area contributed by atoms with Gasteiger partial charge in [0.05, 0.1) is 6.61 Å². The average molecular weight is 182 g/mol. The first kappa shape index (κ1) is 9.73. The van der Waals surface area contributed by atoms with Crippen LogP contribution >= 0.6 is 0 Å². The van der Waals surface area contributed by atoms with Gasteiger partial charge < -0.3 is 15.7 Å². The number of aliphatic hydroxyl groups is 1. The number of nitrogens with zero attached hydrogens (tertiary/aromatic N) is 2. The number of rotatable bonds is 5. The van der Waals surface area contributed by atoms with Gasteiger partial charge in [-0.05, 0) is 6.92 Å². The van der Waals surface area contributed by atoms with Gasteiger partial charge in [-0.25, -0.2) is 9.97 Å². The molecule has 0 unspecified atom stereocenters. The van der Waals surface area contributed by atoms with E-state index in [1.54, 1.807) is 6.07 Å². The van der Waals surface area contributed by atoms with Gasteiger partial charge in [-0.1, -0.05) is 0 Å². The minimum Gasteiger partial charge on any atom is -0.395 e.